The first-order valence-electron chi connectivity index (χ1n) is 10.4. The molecule has 3 heterocycles. The van der Waals surface area contributed by atoms with Crippen LogP contribution in [0.1, 0.15) is 48.9 Å². The summed E-state index contributed by atoms with van der Waals surface area (Å²) in [4.78, 5) is 20.9. The van der Waals surface area contributed by atoms with E-state index < -0.39 is 33.1 Å². The van der Waals surface area contributed by atoms with Crippen LogP contribution in [0.3, 0.4) is 0 Å². The summed E-state index contributed by atoms with van der Waals surface area (Å²) in [6.45, 7) is 6.29. The fourth-order valence-electron chi connectivity index (χ4n) is 3.58. The second-order valence-corrected chi connectivity index (χ2v) is 9.91. The molecule has 0 atom stereocenters. The smallest absolute Gasteiger partial charge is 0.341 e. The van der Waals surface area contributed by atoms with E-state index in [9.17, 15) is 26.4 Å². The second kappa shape index (κ2) is 9.12. The zero-order chi connectivity index (χ0) is 24.6. The van der Waals surface area contributed by atoms with E-state index in [2.05, 4.69) is 23.8 Å². The molecule has 0 unspecified atom stereocenters. The number of hydrogen-bond acceptors (Lipinski definition) is 6. The summed E-state index contributed by atoms with van der Waals surface area (Å²) in [5.74, 6) is -0.866. The van der Waals surface area contributed by atoms with Gasteiger partial charge in [-0.25, -0.2) is 18.4 Å². The number of ketones is 1. The van der Waals surface area contributed by atoms with Crippen LogP contribution in [0.15, 0.2) is 35.4 Å². The van der Waals surface area contributed by atoms with Crippen LogP contribution in [-0.2, 0) is 29.1 Å². The maximum Gasteiger partial charge on any atom is 0.434 e. The van der Waals surface area contributed by atoms with Gasteiger partial charge in [0.1, 0.15) is 0 Å². The Morgan fingerprint density at radius 3 is 2.39 bits per heavy atom. The number of alkyl halides is 3. The highest BCUT2D eigenvalue weighted by molar-refractivity contribution is 7.90. The molecule has 1 aliphatic rings. The lowest BCUT2D eigenvalue weighted by Gasteiger charge is -2.29. The van der Waals surface area contributed by atoms with Crippen LogP contribution in [-0.4, -0.2) is 41.5 Å². The van der Waals surface area contributed by atoms with Crippen molar-refractivity contribution in [2.24, 2.45) is 0 Å². The van der Waals surface area contributed by atoms with Crippen LogP contribution >= 0.6 is 0 Å². The molecule has 0 fully saturated rings. The van der Waals surface area contributed by atoms with Gasteiger partial charge < -0.3 is 9.47 Å². The Morgan fingerprint density at radius 1 is 1.15 bits per heavy atom. The fourth-order valence-corrected chi connectivity index (χ4v) is 4.22. The molecule has 0 saturated heterocycles. The molecule has 1 aliphatic heterocycles. The molecule has 3 aromatic rings. The predicted octanol–water partition coefficient (Wildman–Crippen LogP) is 4.49. The molecule has 11 heteroatoms. The highest BCUT2D eigenvalue weighted by atomic mass is 32.2. The number of rotatable bonds is 3. The van der Waals surface area contributed by atoms with Gasteiger partial charge in [-0.2, -0.15) is 13.2 Å². The van der Waals surface area contributed by atoms with E-state index in [1.165, 1.54) is 12.5 Å². The van der Waals surface area contributed by atoms with Crippen molar-refractivity contribution in [2.75, 3.05) is 17.7 Å². The minimum Gasteiger partial charge on any atom is -0.341 e. The largest absolute Gasteiger partial charge is 0.434 e. The summed E-state index contributed by atoms with van der Waals surface area (Å²) in [5.41, 5.74) is -0.263. The lowest BCUT2D eigenvalue weighted by Crippen LogP contribution is -2.35. The first kappa shape index (κ1) is 24.7. The van der Waals surface area contributed by atoms with Crippen LogP contribution in [0.5, 0.6) is 0 Å². The van der Waals surface area contributed by atoms with E-state index in [1.54, 1.807) is 17.0 Å². The van der Waals surface area contributed by atoms with E-state index >= 15 is 0 Å². The summed E-state index contributed by atoms with van der Waals surface area (Å²) < 4.78 is 65.7. The van der Waals surface area contributed by atoms with Gasteiger partial charge in [0, 0.05) is 42.1 Å². The molecule has 178 valence electrons. The maximum atomic E-state index is 13.4. The molecule has 0 N–H and O–H groups in total. The number of carbonyl (C=O) groups is 1. The van der Waals surface area contributed by atoms with Crippen LogP contribution in [0.2, 0.25) is 0 Å². The molecule has 0 spiro atoms. The molecule has 1 aromatic carbocycles. The first-order valence-corrected chi connectivity index (χ1v) is 12.3. The van der Waals surface area contributed by atoms with Gasteiger partial charge in [-0.1, -0.05) is 26.3 Å². The van der Waals surface area contributed by atoms with Gasteiger partial charge in [0.15, 0.2) is 21.3 Å². The van der Waals surface area contributed by atoms with Crippen molar-refractivity contribution in [3.05, 3.63) is 47.4 Å². The number of anilines is 1. The number of halogens is 3. The Balaban J connectivity index is 0.000000968. The first-order chi connectivity index (χ1) is 15.4. The van der Waals surface area contributed by atoms with Gasteiger partial charge in [0.05, 0.1) is 17.0 Å². The third-order valence-corrected chi connectivity index (χ3v) is 6.15. The Bertz CT molecular complexity index is 1300. The molecule has 0 amide bonds. The molecule has 0 bridgehead atoms. The Labute approximate surface area is 190 Å². The predicted molar refractivity (Wildman–Crippen MR) is 119 cm³/mol. The van der Waals surface area contributed by atoms with Crippen molar-refractivity contribution < 1.29 is 26.4 Å². The van der Waals surface area contributed by atoms with Crippen molar-refractivity contribution in [1.82, 2.24) is 14.5 Å². The number of nitrogens with zero attached hydrogens (tertiary/aromatic N) is 4. The molecule has 7 nitrogen and oxygen atoms in total. The fraction of sp³-hybridized carbons (Fsp3) is 0.409. The Hall–Kier alpha value is -2.95. The van der Waals surface area contributed by atoms with Gasteiger partial charge in [-0.05, 0) is 25.1 Å². The van der Waals surface area contributed by atoms with Gasteiger partial charge in [-0.3, -0.25) is 4.79 Å². The maximum absolute atomic E-state index is 13.4. The van der Waals surface area contributed by atoms with E-state index in [1.807, 2.05) is 10.6 Å². The number of sulfone groups is 1. The molecule has 0 aliphatic carbocycles. The minimum atomic E-state index is -4.77. The van der Waals surface area contributed by atoms with E-state index in [4.69, 9.17) is 0 Å². The van der Waals surface area contributed by atoms with Crippen LogP contribution < -0.4 is 4.90 Å². The number of benzene rings is 1. The van der Waals surface area contributed by atoms with Crippen molar-refractivity contribution in [2.45, 2.75) is 51.4 Å². The summed E-state index contributed by atoms with van der Waals surface area (Å²) in [7, 11) is -3.36. The Kier molecular flexibility index (Phi) is 6.83. The third-order valence-electron chi connectivity index (χ3n) is 5.04. The zero-order valence-corrected chi connectivity index (χ0v) is 19.6. The van der Waals surface area contributed by atoms with E-state index in [-0.39, 0.29) is 17.4 Å². The van der Waals surface area contributed by atoms with Crippen molar-refractivity contribution in [3.63, 3.8) is 0 Å². The molecule has 4 rings (SSSR count). The summed E-state index contributed by atoms with van der Waals surface area (Å²) >= 11 is 0. The van der Waals surface area contributed by atoms with Gasteiger partial charge in [-0.15, -0.1) is 0 Å². The minimum absolute atomic E-state index is 0.111. The molecular weight excluding hydrogens is 457 g/mol. The van der Waals surface area contributed by atoms with Crippen LogP contribution in [0, 0.1) is 0 Å². The van der Waals surface area contributed by atoms with Crippen molar-refractivity contribution in [3.8, 4) is 0 Å². The Morgan fingerprint density at radius 2 is 1.82 bits per heavy atom. The normalized spacial score (nSPS) is 14.0. The highest BCUT2D eigenvalue weighted by Crippen LogP contribution is 2.33. The molecule has 33 heavy (non-hydrogen) atoms. The summed E-state index contributed by atoms with van der Waals surface area (Å²) in [6, 6.07) is 6.70. The summed E-state index contributed by atoms with van der Waals surface area (Å²) in [5, 5.41) is 0.836. The number of aromatic nitrogens is 3. The van der Waals surface area contributed by atoms with Gasteiger partial charge in [0.25, 0.3) is 0 Å². The molecule has 0 saturated carbocycles. The van der Waals surface area contributed by atoms with Crippen molar-refractivity contribution >= 4 is 32.5 Å². The molecular formula is C22H25F3N4O3S. The molecule has 2 aromatic heterocycles. The van der Waals surface area contributed by atoms with Crippen molar-refractivity contribution in [1.29, 1.82) is 0 Å². The zero-order valence-electron chi connectivity index (χ0n) is 18.8. The topological polar surface area (TPSA) is 85.2 Å². The SMILES string of the molecule is CC(=O)c1cnc(N2CCn3c(cc4ccc(S(C)(=O)=O)cc43)C2)nc1C(F)(F)F.CCC. The number of hydrogen-bond donors (Lipinski definition) is 0. The van der Waals surface area contributed by atoms with Gasteiger partial charge in [0.2, 0.25) is 5.95 Å². The average Bonchev–Trinajstić information content (AvgIpc) is 3.09. The standard InChI is InChI=1S/C19H17F3N4O3S.C3H8/c1-11(27)15-9-23-18(24-17(15)19(20,21)22)25-5-6-26-13(10-25)7-12-3-4-14(8-16(12)26)30(2,28)29;1-3-2/h3-4,7-9H,5-6,10H2,1-2H3;3H2,1-2H3. The third kappa shape index (κ3) is 5.18. The number of Topliss-reactive ketones (excluding diaryl/α,β-unsaturated/α-hetero) is 1. The average molecular weight is 483 g/mol. The summed E-state index contributed by atoms with van der Waals surface area (Å²) in [6.07, 6.45) is -1.47. The lowest BCUT2D eigenvalue weighted by molar-refractivity contribution is -0.141. The second-order valence-electron chi connectivity index (χ2n) is 7.89. The number of carbonyl (C=O) groups excluding carboxylic acids is 1. The number of fused-ring (bicyclic) bond motifs is 3. The quantitative estimate of drug-likeness (QED) is 0.512. The monoisotopic (exact) mass is 482 g/mol. The van der Waals surface area contributed by atoms with Gasteiger partial charge >= 0.3 is 6.18 Å². The highest BCUT2D eigenvalue weighted by Gasteiger charge is 2.38. The van der Waals surface area contributed by atoms with E-state index in [0.29, 0.717) is 13.1 Å². The molecule has 0 radical (unpaired) electrons. The van der Waals surface area contributed by atoms with Crippen LogP contribution in [0.25, 0.3) is 10.9 Å². The van der Waals surface area contributed by atoms with Crippen LogP contribution in [0.4, 0.5) is 19.1 Å². The van der Waals surface area contributed by atoms with E-state index in [0.717, 1.165) is 36.0 Å². The lowest BCUT2D eigenvalue weighted by atomic mass is 10.1.